The average molecular weight is 414 g/mol. The molecule has 0 bridgehead atoms. The number of aromatic nitrogens is 2. The topological polar surface area (TPSA) is 108 Å². The third kappa shape index (κ3) is 5.05. The highest BCUT2D eigenvalue weighted by Crippen LogP contribution is 2.10. The van der Waals surface area contributed by atoms with Crippen LogP contribution in [0.2, 0.25) is 0 Å². The molecule has 29 heavy (non-hydrogen) atoms. The molecule has 0 radical (unpaired) electrons. The number of thioether (sulfide) groups is 1. The zero-order valence-electron chi connectivity index (χ0n) is 16.2. The standard InChI is InChI=1S/C20H22N4O4S/c1-24(12-17-21-14-7-4-3-6-13(14)18(25)23-17)20(27)15(9-11-29-2)22-19(26)16-8-5-10-28-16/h3-8,10,15H,9,11-12H2,1-2H3,(H,22,26)(H,21,23,25)/t15-/m1/s1. The molecule has 0 saturated carbocycles. The Bertz CT molecular complexity index is 1050. The predicted molar refractivity (Wildman–Crippen MR) is 112 cm³/mol. The molecular formula is C20H22N4O4S. The van der Waals surface area contributed by atoms with Crippen LogP contribution in [0.4, 0.5) is 0 Å². The van der Waals surface area contributed by atoms with Gasteiger partial charge in [0.2, 0.25) is 5.91 Å². The van der Waals surface area contributed by atoms with E-state index < -0.39 is 11.9 Å². The second-order valence-corrected chi connectivity index (χ2v) is 7.49. The van der Waals surface area contributed by atoms with Gasteiger partial charge in [-0.1, -0.05) is 12.1 Å². The third-order valence-corrected chi connectivity index (χ3v) is 5.03. The van der Waals surface area contributed by atoms with Gasteiger partial charge in [0.1, 0.15) is 11.9 Å². The van der Waals surface area contributed by atoms with Crippen LogP contribution >= 0.6 is 11.8 Å². The Kier molecular flexibility index (Phi) is 6.71. The van der Waals surface area contributed by atoms with Crippen LogP contribution in [0.3, 0.4) is 0 Å². The zero-order chi connectivity index (χ0) is 20.8. The molecule has 0 unspecified atom stereocenters. The minimum atomic E-state index is -0.711. The minimum Gasteiger partial charge on any atom is -0.459 e. The molecule has 0 aliphatic carbocycles. The van der Waals surface area contributed by atoms with Crippen LogP contribution in [0, 0.1) is 0 Å². The molecule has 0 saturated heterocycles. The Balaban J connectivity index is 1.74. The number of carbonyl (C=O) groups is 2. The van der Waals surface area contributed by atoms with Gasteiger partial charge in [0.25, 0.3) is 11.5 Å². The Morgan fingerprint density at radius 3 is 2.79 bits per heavy atom. The van der Waals surface area contributed by atoms with Crippen molar-refractivity contribution in [2.45, 2.75) is 19.0 Å². The Morgan fingerprint density at radius 1 is 1.28 bits per heavy atom. The van der Waals surface area contributed by atoms with Crippen molar-refractivity contribution >= 4 is 34.5 Å². The van der Waals surface area contributed by atoms with Crippen LogP contribution in [0.25, 0.3) is 10.9 Å². The number of hydrogen-bond acceptors (Lipinski definition) is 6. The Labute approximate surface area is 171 Å². The molecule has 152 valence electrons. The first-order valence-electron chi connectivity index (χ1n) is 9.06. The maximum atomic E-state index is 13.0. The van der Waals surface area contributed by atoms with Gasteiger partial charge in [0.05, 0.1) is 23.7 Å². The van der Waals surface area contributed by atoms with Gasteiger partial charge in [-0.3, -0.25) is 14.4 Å². The lowest BCUT2D eigenvalue weighted by Gasteiger charge is -2.24. The number of aromatic amines is 1. The van der Waals surface area contributed by atoms with E-state index in [-0.39, 0.29) is 23.8 Å². The van der Waals surface area contributed by atoms with Crippen molar-refractivity contribution in [3.63, 3.8) is 0 Å². The van der Waals surface area contributed by atoms with Gasteiger partial charge < -0.3 is 19.6 Å². The molecule has 0 aliphatic heterocycles. The quantitative estimate of drug-likeness (QED) is 0.584. The van der Waals surface area contributed by atoms with Crippen molar-refractivity contribution in [2.24, 2.45) is 0 Å². The van der Waals surface area contributed by atoms with E-state index in [1.54, 1.807) is 55.2 Å². The van der Waals surface area contributed by atoms with Gasteiger partial charge in [0, 0.05) is 7.05 Å². The van der Waals surface area contributed by atoms with E-state index in [0.717, 1.165) is 0 Å². The van der Waals surface area contributed by atoms with Gasteiger partial charge in [-0.15, -0.1) is 0 Å². The Hall–Kier alpha value is -3.07. The van der Waals surface area contributed by atoms with Crippen LogP contribution in [-0.2, 0) is 11.3 Å². The molecule has 8 nitrogen and oxygen atoms in total. The summed E-state index contributed by atoms with van der Waals surface area (Å²) in [7, 11) is 1.61. The van der Waals surface area contributed by atoms with Crippen LogP contribution in [-0.4, -0.2) is 51.8 Å². The lowest BCUT2D eigenvalue weighted by Crippen LogP contribution is -2.47. The number of benzene rings is 1. The van der Waals surface area contributed by atoms with E-state index in [9.17, 15) is 14.4 Å². The SMILES string of the molecule is CSCC[C@@H](NC(=O)c1ccco1)C(=O)N(C)Cc1nc2ccccc2c(=O)[nH]1. The highest BCUT2D eigenvalue weighted by molar-refractivity contribution is 7.98. The maximum absolute atomic E-state index is 13.0. The van der Waals surface area contributed by atoms with Crippen LogP contribution in [0.15, 0.2) is 51.9 Å². The number of fused-ring (bicyclic) bond motifs is 1. The number of nitrogens with zero attached hydrogens (tertiary/aromatic N) is 2. The fourth-order valence-corrected chi connectivity index (χ4v) is 3.38. The van der Waals surface area contributed by atoms with E-state index >= 15 is 0 Å². The van der Waals surface area contributed by atoms with Crippen molar-refractivity contribution in [2.75, 3.05) is 19.1 Å². The van der Waals surface area contributed by atoms with E-state index in [0.29, 0.717) is 28.9 Å². The summed E-state index contributed by atoms with van der Waals surface area (Å²) in [4.78, 5) is 46.1. The van der Waals surface area contributed by atoms with Crippen molar-refractivity contribution in [1.29, 1.82) is 0 Å². The third-order valence-electron chi connectivity index (χ3n) is 4.38. The van der Waals surface area contributed by atoms with Crippen LogP contribution in [0.1, 0.15) is 22.8 Å². The highest BCUT2D eigenvalue weighted by atomic mass is 32.2. The zero-order valence-corrected chi connectivity index (χ0v) is 17.0. The first-order chi connectivity index (χ1) is 14.0. The normalized spacial score (nSPS) is 11.9. The first-order valence-corrected chi connectivity index (χ1v) is 10.4. The smallest absolute Gasteiger partial charge is 0.287 e. The fraction of sp³-hybridized carbons (Fsp3) is 0.300. The molecule has 0 aliphatic rings. The highest BCUT2D eigenvalue weighted by Gasteiger charge is 2.25. The van der Waals surface area contributed by atoms with E-state index in [4.69, 9.17) is 4.42 Å². The lowest BCUT2D eigenvalue weighted by molar-refractivity contribution is -0.132. The van der Waals surface area contributed by atoms with E-state index in [1.807, 2.05) is 6.26 Å². The fourth-order valence-electron chi connectivity index (χ4n) is 2.91. The molecular weight excluding hydrogens is 392 g/mol. The van der Waals surface area contributed by atoms with E-state index in [1.165, 1.54) is 11.2 Å². The average Bonchev–Trinajstić information content (AvgIpc) is 3.25. The number of hydrogen-bond donors (Lipinski definition) is 2. The summed E-state index contributed by atoms with van der Waals surface area (Å²) in [6.07, 6.45) is 3.81. The van der Waals surface area contributed by atoms with Gasteiger partial charge in [-0.2, -0.15) is 11.8 Å². The van der Waals surface area contributed by atoms with Crippen molar-refractivity contribution < 1.29 is 14.0 Å². The van der Waals surface area contributed by atoms with Crippen molar-refractivity contribution in [3.8, 4) is 0 Å². The number of para-hydroxylation sites is 1. The second kappa shape index (κ2) is 9.42. The molecule has 2 aromatic heterocycles. The molecule has 9 heteroatoms. The monoisotopic (exact) mass is 414 g/mol. The van der Waals surface area contributed by atoms with Crippen molar-refractivity contribution in [3.05, 3.63) is 64.6 Å². The summed E-state index contributed by atoms with van der Waals surface area (Å²) in [5.74, 6) is 0.517. The summed E-state index contributed by atoms with van der Waals surface area (Å²) in [5.41, 5.74) is 0.314. The number of nitrogens with one attached hydrogen (secondary N) is 2. The van der Waals surface area contributed by atoms with Crippen LogP contribution < -0.4 is 10.9 Å². The van der Waals surface area contributed by atoms with Gasteiger partial charge in [-0.25, -0.2) is 4.98 Å². The number of rotatable bonds is 8. The van der Waals surface area contributed by atoms with E-state index in [2.05, 4.69) is 15.3 Å². The largest absolute Gasteiger partial charge is 0.459 e. The summed E-state index contributed by atoms with van der Waals surface area (Å²) < 4.78 is 5.10. The number of amides is 2. The molecule has 0 fully saturated rings. The molecule has 1 aromatic carbocycles. The molecule has 2 N–H and O–H groups in total. The molecule has 3 aromatic rings. The first kappa shape index (κ1) is 20.7. The summed E-state index contributed by atoms with van der Waals surface area (Å²) >= 11 is 1.59. The maximum Gasteiger partial charge on any atom is 0.287 e. The molecule has 2 amide bonds. The number of furan rings is 1. The minimum absolute atomic E-state index is 0.116. The number of H-pyrrole nitrogens is 1. The summed E-state index contributed by atoms with van der Waals surface area (Å²) in [5, 5.41) is 3.23. The molecule has 2 heterocycles. The van der Waals surface area contributed by atoms with Gasteiger partial charge >= 0.3 is 0 Å². The molecule has 3 rings (SSSR count). The number of likely N-dealkylation sites (N-methyl/N-ethyl adjacent to an activating group) is 1. The van der Waals surface area contributed by atoms with Crippen molar-refractivity contribution in [1.82, 2.24) is 20.2 Å². The molecule has 1 atom stereocenters. The predicted octanol–water partition coefficient (Wildman–Crippen LogP) is 2.03. The summed E-state index contributed by atoms with van der Waals surface area (Å²) in [6.45, 7) is 0.116. The van der Waals surface area contributed by atoms with Gasteiger partial charge in [-0.05, 0) is 42.7 Å². The second-order valence-electron chi connectivity index (χ2n) is 6.51. The van der Waals surface area contributed by atoms with Gasteiger partial charge in [0.15, 0.2) is 5.76 Å². The number of carbonyl (C=O) groups excluding carboxylic acids is 2. The Morgan fingerprint density at radius 2 is 2.07 bits per heavy atom. The summed E-state index contributed by atoms with van der Waals surface area (Å²) in [6, 6.07) is 9.46. The lowest BCUT2D eigenvalue weighted by atomic mass is 10.2. The van der Waals surface area contributed by atoms with Crippen LogP contribution in [0.5, 0.6) is 0 Å². The molecule has 0 spiro atoms.